The van der Waals surface area contributed by atoms with Crippen LogP contribution in [0.5, 0.6) is 5.75 Å². The number of benzene rings is 1. The third kappa shape index (κ3) is 3.52. The van der Waals surface area contributed by atoms with E-state index in [2.05, 4.69) is 30.9 Å². The van der Waals surface area contributed by atoms with Gasteiger partial charge in [-0.2, -0.15) is 0 Å². The molecule has 1 aliphatic carbocycles. The summed E-state index contributed by atoms with van der Waals surface area (Å²) in [7, 11) is 0. The summed E-state index contributed by atoms with van der Waals surface area (Å²) in [6, 6.07) is 9.16. The minimum atomic E-state index is -0.920. The van der Waals surface area contributed by atoms with E-state index in [0.717, 1.165) is 26.6 Å². The van der Waals surface area contributed by atoms with Crippen LogP contribution in [0.4, 0.5) is 5.82 Å². The molecule has 4 atom stereocenters. The number of nitrogens with zero attached hydrogens (tertiary/aromatic N) is 4. The van der Waals surface area contributed by atoms with Crippen LogP contribution in [-0.4, -0.2) is 48.5 Å². The molecule has 31 heavy (non-hydrogen) atoms. The zero-order chi connectivity index (χ0) is 21.7. The van der Waals surface area contributed by atoms with Crippen LogP contribution in [0.2, 0.25) is 0 Å². The highest BCUT2D eigenvalue weighted by Gasteiger charge is 2.43. The predicted molar refractivity (Wildman–Crippen MR) is 120 cm³/mol. The second-order valence-electron chi connectivity index (χ2n) is 8.02. The van der Waals surface area contributed by atoms with Gasteiger partial charge in [0.15, 0.2) is 5.82 Å². The molecule has 1 saturated carbocycles. The molecule has 0 spiro atoms. The van der Waals surface area contributed by atoms with Crippen molar-refractivity contribution in [2.24, 2.45) is 5.92 Å². The first kappa shape index (κ1) is 20.2. The average molecular weight is 484 g/mol. The lowest BCUT2D eigenvalue weighted by atomic mass is 10.1. The average Bonchev–Trinajstić information content (AvgIpc) is 3.35. The van der Waals surface area contributed by atoms with Gasteiger partial charge in [0, 0.05) is 23.6 Å². The summed E-state index contributed by atoms with van der Waals surface area (Å²) in [6.45, 7) is 2.25. The van der Waals surface area contributed by atoms with Crippen molar-refractivity contribution in [1.29, 1.82) is 0 Å². The lowest BCUT2D eigenvalue weighted by molar-refractivity contribution is -0.00179. The van der Waals surface area contributed by atoms with Crippen molar-refractivity contribution in [3.63, 3.8) is 0 Å². The Morgan fingerprint density at radius 2 is 2.03 bits per heavy atom. The number of imidazole rings is 1. The first-order valence-electron chi connectivity index (χ1n) is 10.0. The molecule has 160 valence electrons. The van der Waals surface area contributed by atoms with Crippen LogP contribution in [-0.2, 0) is 0 Å². The van der Waals surface area contributed by atoms with Crippen LogP contribution < -0.4 is 10.5 Å². The molecule has 9 heteroatoms. The number of ether oxygens (including phenoxy) is 1. The Balaban J connectivity index is 1.34. The number of nitrogens with two attached hydrogens (primary N) is 1. The standard InChI is InChI=1S/C22H22BrN5O3/c1-11-4-5-28(22-18(11)25-10-26-22)17-7-13(19(29)20(17)30)9-31-14-3-2-12-6-15(23)21(24)27-16(12)8-14/h2-6,8,10,13,17,19-20,29-30H,7,9H2,1H3,(H2,24,27)/t13-,17-,19-,20+/m1/s1. The summed E-state index contributed by atoms with van der Waals surface area (Å²) in [5.41, 5.74) is 8.44. The molecule has 0 bridgehead atoms. The fourth-order valence-corrected chi connectivity index (χ4v) is 4.64. The maximum Gasteiger partial charge on any atom is 0.161 e. The molecular weight excluding hydrogens is 462 g/mol. The van der Waals surface area contributed by atoms with Crippen molar-refractivity contribution in [3.8, 4) is 17.3 Å². The minimum absolute atomic E-state index is 0.231. The smallest absolute Gasteiger partial charge is 0.161 e. The molecule has 0 saturated heterocycles. The van der Waals surface area contributed by atoms with Gasteiger partial charge in [-0.1, -0.05) is 0 Å². The van der Waals surface area contributed by atoms with Crippen molar-refractivity contribution < 1.29 is 14.9 Å². The lowest BCUT2D eigenvalue weighted by Crippen LogP contribution is -2.31. The Bertz CT molecular complexity index is 1230. The number of hydrogen-bond acceptors (Lipinski definition) is 7. The Kier molecular flexibility index (Phi) is 5.04. The summed E-state index contributed by atoms with van der Waals surface area (Å²) in [6.07, 6.45) is 2.15. The number of pyridine rings is 2. The number of halogens is 1. The fourth-order valence-electron chi connectivity index (χ4n) is 4.31. The zero-order valence-corrected chi connectivity index (χ0v) is 18.4. The van der Waals surface area contributed by atoms with Gasteiger partial charge in [-0.15, -0.1) is 0 Å². The topological polar surface area (TPSA) is 119 Å². The number of aliphatic hydroxyl groups is 2. The van der Waals surface area contributed by atoms with Gasteiger partial charge in [-0.3, -0.25) is 0 Å². The normalized spacial score (nSPS) is 23.6. The molecule has 0 amide bonds. The first-order valence-corrected chi connectivity index (χ1v) is 10.8. The van der Waals surface area contributed by atoms with Crippen molar-refractivity contribution in [2.75, 3.05) is 12.3 Å². The molecule has 0 unspecified atom stereocenters. The quantitative estimate of drug-likeness (QED) is 0.408. The van der Waals surface area contributed by atoms with E-state index in [9.17, 15) is 10.2 Å². The molecule has 1 aromatic heterocycles. The van der Waals surface area contributed by atoms with E-state index >= 15 is 0 Å². The van der Waals surface area contributed by atoms with Crippen LogP contribution in [0.1, 0.15) is 18.0 Å². The number of aliphatic hydroxyl groups excluding tert-OH is 2. The Hall–Kier alpha value is -2.75. The van der Waals surface area contributed by atoms with Crippen molar-refractivity contribution >= 4 is 32.7 Å². The number of nitrogen functional groups attached to an aromatic ring is 1. The van der Waals surface area contributed by atoms with Crippen LogP contribution in [0.15, 0.2) is 47.3 Å². The van der Waals surface area contributed by atoms with Gasteiger partial charge >= 0.3 is 0 Å². The summed E-state index contributed by atoms with van der Waals surface area (Å²) >= 11 is 3.38. The second kappa shape index (κ2) is 7.74. The van der Waals surface area contributed by atoms with Gasteiger partial charge < -0.3 is 25.3 Å². The highest BCUT2D eigenvalue weighted by molar-refractivity contribution is 9.10. The van der Waals surface area contributed by atoms with Crippen LogP contribution in [0.25, 0.3) is 22.4 Å². The molecule has 8 nitrogen and oxygen atoms in total. The number of rotatable bonds is 4. The van der Waals surface area contributed by atoms with E-state index in [1.54, 1.807) is 0 Å². The van der Waals surface area contributed by atoms with Gasteiger partial charge in [0.2, 0.25) is 0 Å². The number of fused-ring (bicyclic) bond motifs is 2. The van der Waals surface area contributed by atoms with E-state index in [-0.39, 0.29) is 18.6 Å². The summed E-state index contributed by atoms with van der Waals surface area (Å²) in [5.74, 6) is 1.53. The Morgan fingerprint density at radius 3 is 2.87 bits per heavy atom. The van der Waals surface area contributed by atoms with Crippen LogP contribution in [0.3, 0.4) is 0 Å². The summed E-state index contributed by atoms with van der Waals surface area (Å²) in [5, 5.41) is 22.4. The molecule has 3 heterocycles. The molecule has 0 radical (unpaired) electrons. The lowest BCUT2D eigenvalue weighted by Gasteiger charge is -2.22. The minimum Gasteiger partial charge on any atom is -0.493 e. The SMILES string of the molecule is Cc1ccn([C@@H]2C[C@H](COc3ccc4cc(Br)c(N)nc4c3)[C@@H](O)[C@H]2O)c2ncnc1-2. The summed E-state index contributed by atoms with van der Waals surface area (Å²) in [4.78, 5) is 13.0. The van der Waals surface area contributed by atoms with E-state index in [0.29, 0.717) is 23.8 Å². The van der Waals surface area contributed by atoms with Gasteiger partial charge in [0.25, 0.3) is 0 Å². The predicted octanol–water partition coefficient (Wildman–Crippen LogP) is 2.95. The van der Waals surface area contributed by atoms with Gasteiger partial charge in [0.05, 0.1) is 28.7 Å². The maximum atomic E-state index is 10.7. The van der Waals surface area contributed by atoms with Crippen molar-refractivity contribution in [2.45, 2.75) is 31.6 Å². The van der Waals surface area contributed by atoms with Crippen LogP contribution >= 0.6 is 15.9 Å². The van der Waals surface area contributed by atoms with E-state index in [4.69, 9.17) is 10.5 Å². The van der Waals surface area contributed by atoms with Crippen molar-refractivity contribution in [3.05, 3.63) is 52.9 Å². The van der Waals surface area contributed by atoms with Gasteiger partial charge in [0.1, 0.15) is 29.7 Å². The number of aryl methyl sites for hydroxylation is 1. The molecule has 4 N–H and O–H groups in total. The second-order valence-corrected chi connectivity index (χ2v) is 8.87. The Morgan fingerprint density at radius 1 is 1.19 bits per heavy atom. The highest BCUT2D eigenvalue weighted by Crippen LogP contribution is 2.38. The monoisotopic (exact) mass is 483 g/mol. The zero-order valence-electron chi connectivity index (χ0n) is 16.8. The van der Waals surface area contributed by atoms with E-state index in [1.807, 2.05) is 48.0 Å². The fraction of sp³-hybridized carbons (Fsp3) is 0.318. The molecule has 2 aliphatic heterocycles. The number of aromatic nitrogens is 4. The van der Waals surface area contributed by atoms with Gasteiger partial charge in [-0.25, -0.2) is 15.0 Å². The number of hydrogen-bond donors (Lipinski definition) is 3. The first-order chi connectivity index (χ1) is 14.9. The molecule has 1 fully saturated rings. The van der Waals surface area contributed by atoms with Crippen molar-refractivity contribution in [1.82, 2.24) is 19.5 Å². The van der Waals surface area contributed by atoms with E-state index < -0.39 is 12.2 Å². The third-order valence-electron chi connectivity index (χ3n) is 6.04. The number of anilines is 1. The Labute approximate surface area is 187 Å². The molecule has 1 aromatic carbocycles. The summed E-state index contributed by atoms with van der Waals surface area (Å²) < 4.78 is 8.62. The van der Waals surface area contributed by atoms with E-state index in [1.165, 1.54) is 6.33 Å². The van der Waals surface area contributed by atoms with Gasteiger partial charge in [-0.05, 0) is 59.1 Å². The molecule has 5 rings (SSSR count). The molecular formula is C22H22BrN5O3. The largest absolute Gasteiger partial charge is 0.493 e. The third-order valence-corrected chi connectivity index (χ3v) is 6.68. The van der Waals surface area contributed by atoms with Crippen LogP contribution in [0, 0.1) is 12.8 Å². The highest BCUT2D eigenvalue weighted by atomic mass is 79.9. The molecule has 3 aliphatic rings. The maximum absolute atomic E-state index is 10.7. The molecule has 2 aromatic rings.